The Labute approximate surface area is 185 Å². The maximum Gasteiger partial charge on any atom is 0.313 e. The first kappa shape index (κ1) is 22.2. The molecule has 32 heavy (non-hydrogen) atoms. The molecular weight excluding hydrogens is 408 g/mol. The summed E-state index contributed by atoms with van der Waals surface area (Å²) in [5.74, 6) is -3.14. The average Bonchev–Trinajstić information content (AvgIpc) is 2.83. The van der Waals surface area contributed by atoms with Crippen molar-refractivity contribution in [3.63, 3.8) is 0 Å². The van der Waals surface area contributed by atoms with E-state index in [0.717, 1.165) is 11.1 Å². The van der Waals surface area contributed by atoms with Crippen LogP contribution >= 0.6 is 0 Å². The van der Waals surface area contributed by atoms with Crippen molar-refractivity contribution in [2.45, 2.75) is 13.1 Å². The van der Waals surface area contributed by atoms with Crippen LogP contribution in [0.15, 0.2) is 84.9 Å². The van der Waals surface area contributed by atoms with E-state index in [4.69, 9.17) is 0 Å². The zero-order valence-electron chi connectivity index (χ0n) is 17.1. The van der Waals surface area contributed by atoms with Crippen LogP contribution in [0.3, 0.4) is 0 Å². The summed E-state index contributed by atoms with van der Waals surface area (Å²) >= 11 is 0. The van der Waals surface area contributed by atoms with Gasteiger partial charge < -0.3 is 21.3 Å². The van der Waals surface area contributed by atoms with Crippen LogP contribution < -0.4 is 21.3 Å². The van der Waals surface area contributed by atoms with Crippen LogP contribution in [0.4, 0.5) is 11.4 Å². The van der Waals surface area contributed by atoms with Crippen molar-refractivity contribution in [1.82, 2.24) is 10.6 Å². The first-order valence-corrected chi connectivity index (χ1v) is 9.87. The van der Waals surface area contributed by atoms with Gasteiger partial charge in [-0.05, 0) is 35.4 Å². The van der Waals surface area contributed by atoms with Crippen LogP contribution in [0.1, 0.15) is 11.1 Å². The second-order valence-electron chi connectivity index (χ2n) is 6.82. The maximum absolute atomic E-state index is 12.0. The summed E-state index contributed by atoms with van der Waals surface area (Å²) in [6.45, 7) is 0.481. The summed E-state index contributed by atoms with van der Waals surface area (Å²) in [5.41, 5.74) is 2.50. The van der Waals surface area contributed by atoms with Crippen molar-refractivity contribution in [3.8, 4) is 0 Å². The molecule has 0 aliphatic rings. The third kappa shape index (κ3) is 6.81. The maximum atomic E-state index is 12.0. The lowest BCUT2D eigenvalue weighted by molar-refractivity contribution is -0.136. The summed E-state index contributed by atoms with van der Waals surface area (Å²) in [7, 11) is 0. The Morgan fingerprint density at radius 1 is 0.469 bits per heavy atom. The van der Waals surface area contributed by atoms with E-state index in [1.807, 2.05) is 60.7 Å². The Bertz CT molecular complexity index is 996. The van der Waals surface area contributed by atoms with Crippen LogP contribution in [0.2, 0.25) is 0 Å². The van der Waals surface area contributed by atoms with Crippen molar-refractivity contribution >= 4 is 35.0 Å². The second kappa shape index (κ2) is 11.1. The van der Waals surface area contributed by atoms with Crippen LogP contribution in [0, 0.1) is 0 Å². The molecule has 0 aliphatic carbocycles. The third-order valence-electron chi connectivity index (χ3n) is 4.40. The van der Waals surface area contributed by atoms with Crippen molar-refractivity contribution in [3.05, 3.63) is 96.1 Å². The van der Waals surface area contributed by atoms with Crippen molar-refractivity contribution < 1.29 is 19.2 Å². The molecule has 0 radical (unpaired) electrons. The molecule has 0 saturated heterocycles. The minimum atomic E-state index is -0.807. The van der Waals surface area contributed by atoms with Gasteiger partial charge >= 0.3 is 23.6 Å². The molecular formula is C24H22N4O4. The molecule has 3 aromatic carbocycles. The van der Waals surface area contributed by atoms with Crippen molar-refractivity contribution in [2.75, 3.05) is 10.6 Å². The molecule has 8 nitrogen and oxygen atoms in total. The van der Waals surface area contributed by atoms with E-state index in [1.165, 1.54) is 24.3 Å². The summed E-state index contributed by atoms with van der Waals surface area (Å²) < 4.78 is 0. The fraction of sp³-hybridized carbons (Fsp3) is 0.0833. The second-order valence-corrected chi connectivity index (χ2v) is 6.82. The topological polar surface area (TPSA) is 116 Å². The zero-order chi connectivity index (χ0) is 22.8. The molecule has 0 atom stereocenters. The summed E-state index contributed by atoms with van der Waals surface area (Å²) in [5, 5.41) is 10.0. The molecule has 0 fully saturated rings. The number of nitrogens with one attached hydrogen (secondary N) is 4. The average molecular weight is 430 g/mol. The predicted octanol–water partition coefficient (Wildman–Crippen LogP) is 2.20. The molecule has 0 spiro atoms. The fourth-order valence-corrected chi connectivity index (χ4v) is 2.73. The lowest BCUT2D eigenvalue weighted by atomic mass is 10.2. The highest BCUT2D eigenvalue weighted by Gasteiger charge is 2.15. The quantitative estimate of drug-likeness (QED) is 0.449. The molecule has 162 valence electrons. The van der Waals surface area contributed by atoms with E-state index in [9.17, 15) is 19.2 Å². The number of hydrogen-bond donors (Lipinski definition) is 4. The van der Waals surface area contributed by atoms with Crippen LogP contribution in [-0.2, 0) is 32.3 Å². The number of hydrogen-bond acceptors (Lipinski definition) is 4. The van der Waals surface area contributed by atoms with Gasteiger partial charge in [-0.25, -0.2) is 0 Å². The number of carbonyl (C=O) groups excluding carboxylic acids is 4. The highest BCUT2D eigenvalue weighted by molar-refractivity contribution is 6.40. The minimum Gasteiger partial charge on any atom is -0.344 e. The van der Waals surface area contributed by atoms with Gasteiger partial charge in [0, 0.05) is 24.5 Å². The Balaban J connectivity index is 1.44. The Kier molecular flexibility index (Phi) is 7.69. The van der Waals surface area contributed by atoms with Gasteiger partial charge in [0.2, 0.25) is 0 Å². The Morgan fingerprint density at radius 2 is 0.812 bits per heavy atom. The highest BCUT2D eigenvalue weighted by Crippen LogP contribution is 2.13. The number of amides is 4. The van der Waals surface area contributed by atoms with Crippen molar-refractivity contribution in [2.24, 2.45) is 0 Å². The SMILES string of the molecule is O=C(NCc1ccccc1)C(=O)Nc1ccc(NC(=O)C(=O)NCc2ccccc2)cc1. The molecule has 0 bridgehead atoms. The van der Waals surface area contributed by atoms with E-state index in [0.29, 0.717) is 11.4 Å². The van der Waals surface area contributed by atoms with Crippen molar-refractivity contribution in [1.29, 1.82) is 0 Å². The van der Waals surface area contributed by atoms with E-state index < -0.39 is 23.6 Å². The van der Waals surface area contributed by atoms with E-state index in [-0.39, 0.29) is 13.1 Å². The molecule has 0 heterocycles. The molecule has 8 heteroatoms. The first-order chi connectivity index (χ1) is 15.5. The molecule has 0 aliphatic heterocycles. The first-order valence-electron chi connectivity index (χ1n) is 9.87. The minimum absolute atomic E-state index is 0.240. The number of benzene rings is 3. The number of rotatable bonds is 6. The number of carbonyl (C=O) groups is 4. The molecule has 3 aromatic rings. The van der Waals surface area contributed by atoms with Gasteiger partial charge in [-0.3, -0.25) is 19.2 Å². The van der Waals surface area contributed by atoms with Gasteiger partial charge in [0.25, 0.3) is 0 Å². The van der Waals surface area contributed by atoms with Crippen LogP contribution in [-0.4, -0.2) is 23.6 Å². The lowest BCUT2D eigenvalue weighted by Gasteiger charge is -2.09. The largest absolute Gasteiger partial charge is 0.344 e. The zero-order valence-corrected chi connectivity index (χ0v) is 17.1. The fourth-order valence-electron chi connectivity index (χ4n) is 2.73. The van der Waals surface area contributed by atoms with Gasteiger partial charge in [0.15, 0.2) is 0 Å². The van der Waals surface area contributed by atoms with E-state index in [1.54, 1.807) is 0 Å². The van der Waals surface area contributed by atoms with Gasteiger partial charge in [-0.15, -0.1) is 0 Å². The summed E-state index contributed by atoms with van der Waals surface area (Å²) in [6, 6.07) is 24.5. The summed E-state index contributed by atoms with van der Waals surface area (Å²) in [4.78, 5) is 48.0. The van der Waals surface area contributed by atoms with Crippen LogP contribution in [0.25, 0.3) is 0 Å². The smallest absolute Gasteiger partial charge is 0.313 e. The molecule has 0 saturated carbocycles. The van der Waals surface area contributed by atoms with E-state index >= 15 is 0 Å². The molecule has 4 amide bonds. The molecule has 0 aromatic heterocycles. The Hall–Kier alpha value is -4.46. The normalized spacial score (nSPS) is 10.0. The van der Waals surface area contributed by atoms with E-state index in [2.05, 4.69) is 21.3 Å². The summed E-state index contributed by atoms with van der Waals surface area (Å²) in [6.07, 6.45) is 0. The van der Waals surface area contributed by atoms with Gasteiger partial charge in [-0.1, -0.05) is 60.7 Å². The van der Waals surface area contributed by atoms with Gasteiger partial charge in [0.1, 0.15) is 0 Å². The molecule has 3 rings (SSSR count). The van der Waals surface area contributed by atoms with Gasteiger partial charge in [0.05, 0.1) is 0 Å². The molecule has 0 unspecified atom stereocenters. The molecule has 4 N–H and O–H groups in total. The third-order valence-corrected chi connectivity index (χ3v) is 4.40. The van der Waals surface area contributed by atoms with Gasteiger partial charge in [-0.2, -0.15) is 0 Å². The standard InChI is InChI=1S/C24H22N4O4/c29-21(25-15-17-7-3-1-4-8-17)23(31)27-19-11-13-20(14-12-19)28-24(32)22(30)26-16-18-9-5-2-6-10-18/h1-14H,15-16H2,(H,25,29)(H,26,30)(H,27,31)(H,28,32). The highest BCUT2D eigenvalue weighted by atomic mass is 16.2. The Morgan fingerprint density at radius 3 is 1.16 bits per heavy atom. The lowest BCUT2D eigenvalue weighted by Crippen LogP contribution is -2.35. The van der Waals surface area contributed by atoms with Crippen LogP contribution in [0.5, 0.6) is 0 Å². The predicted molar refractivity (Wildman–Crippen MR) is 120 cm³/mol. The monoisotopic (exact) mass is 430 g/mol. The number of anilines is 2.